The molecule has 2 atom stereocenters. The van der Waals surface area contributed by atoms with Crippen molar-refractivity contribution >= 4 is 12.0 Å². The van der Waals surface area contributed by atoms with E-state index in [1.54, 1.807) is 11.3 Å². The quantitative estimate of drug-likeness (QED) is 0.843. The number of rotatable bonds is 2. The fourth-order valence-corrected chi connectivity index (χ4v) is 2.82. The summed E-state index contributed by atoms with van der Waals surface area (Å²) in [5, 5.41) is 2.98. The first-order valence-corrected chi connectivity index (χ1v) is 7.72. The van der Waals surface area contributed by atoms with E-state index in [2.05, 4.69) is 0 Å². The van der Waals surface area contributed by atoms with E-state index in [0.717, 1.165) is 18.6 Å². The third-order valence-corrected chi connectivity index (χ3v) is 3.91. The summed E-state index contributed by atoms with van der Waals surface area (Å²) in [6.45, 7) is 6.56. The molecule has 0 bridgehead atoms. The summed E-state index contributed by atoms with van der Waals surface area (Å²) < 4.78 is 10.7. The van der Waals surface area contributed by atoms with Gasteiger partial charge in [0.1, 0.15) is 11.4 Å². The zero-order chi connectivity index (χ0) is 15.9. The van der Waals surface area contributed by atoms with Crippen molar-refractivity contribution in [1.29, 1.82) is 0 Å². The zero-order valence-electron chi connectivity index (χ0n) is 13.2. The number of carbonyl (C=O) groups is 2. The maximum atomic E-state index is 12.6. The van der Waals surface area contributed by atoms with Crippen LogP contribution in [0.15, 0.2) is 22.8 Å². The third-order valence-electron chi connectivity index (χ3n) is 3.91. The molecular weight excluding hydrogens is 284 g/mol. The topological polar surface area (TPSA) is 63.0 Å². The number of ether oxygens (including phenoxy) is 1. The molecule has 120 valence electrons. The van der Waals surface area contributed by atoms with Crippen LogP contribution in [0.25, 0.3) is 0 Å². The number of amides is 2. The minimum absolute atomic E-state index is 0.00948. The number of hydrogen-bond donors (Lipinski definition) is 0. The van der Waals surface area contributed by atoms with Crippen LogP contribution >= 0.6 is 0 Å². The lowest BCUT2D eigenvalue weighted by Gasteiger charge is -2.30. The molecule has 0 unspecified atom stereocenters. The molecule has 2 heterocycles. The molecule has 0 N–H and O–H groups in total. The van der Waals surface area contributed by atoms with Gasteiger partial charge in [-0.3, -0.25) is 4.79 Å². The highest BCUT2D eigenvalue weighted by Crippen LogP contribution is 2.49. The van der Waals surface area contributed by atoms with Gasteiger partial charge in [-0.05, 0) is 45.7 Å². The molecule has 1 saturated heterocycles. The second-order valence-electron chi connectivity index (χ2n) is 6.88. The minimum atomic E-state index is -0.565. The van der Waals surface area contributed by atoms with E-state index in [1.807, 2.05) is 32.9 Å². The second kappa shape index (κ2) is 5.34. The molecule has 6 nitrogen and oxygen atoms in total. The summed E-state index contributed by atoms with van der Waals surface area (Å²) in [6, 6.07) is 3.73. The molecular formula is C16H22N2O4. The van der Waals surface area contributed by atoms with Gasteiger partial charge in [0.25, 0.3) is 0 Å². The summed E-state index contributed by atoms with van der Waals surface area (Å²) in [4.78, 5) is 24.8. The molecule has 1 aliphatic carbocycles. The van der Waals surface area contributed by atoms with Crippen LogP contribution in [0.4, 0.5) is 4.79 Å². The molecule has 0 aromatic carbocycles. The Morgan fingerprint density at radius 2 is 2.00 bits per heavy atom. The number of carbonyl (C=O) groups excluding carboxylic acids is 2. The summed E-state index contributed by atoms with van der Waals surface area (Å²) in [6.07, 6.45) is 2.74. The lowest BCUT2D eigenvalue weighted by Crippen LogP contribution is -2.47. The predicted molar refractivity (Wildman–Crippen MR) is 78.8 cm³/mol. The Morgan fingerprint density at radius 3 is 2.64 bits per heavy atom. The first-order valence-electron chi connectivity index (χ1n) is 7.72. The van der Waals surface area contributed by atoms with E-state index in [-0.39, 0.29) is 17.7 Å². The van der Waals surface area contributed by atoms with E-state index in [0.29, 0.717) is 13.1 Å². The molecule has 1 aliphatic heterocycles. The maximum absolute atomic E-state index is 12.6. The molecule has 3 rings (SSSR count). The average molecular weight is 306 g/mol. The van der Waals surface area contributed by atoms with E-state index >= 15 is 0 Å². The Kier molecular flexibility index (Phi) is 3.62. The van der Waals surface area contributed by atoms with Gasteiger partial charge in [-0.15, -0.1) is 0 Å². The van der Waals surface area contributed by atoms with Crippen molar-refractivity contribution in [1.82, 2.24) is 10.0 Å². The van der Waals surface area contributed by atoms with Gasteiger partial charge in [0.15, 0.2) is 0 Å². The summed E-state index contributed by atoms with van der Waals surface area (Å²) in [5.41, 5.74) is -0.565. The van der Waals surface area contributed by atoms with Crippen molar-refractivity contribution in [2.24, 2.45) is 5.92 Å². The molecule has 2 fully saturated rings. The monoisotopic (exact) mass is 306 g/mol. The van der Waals surface area contributed by atoms with Crippen molar-refractivity contribution in [3.05, 3.63) is 24.2 Å². The number of hydrazine groups is 1. The Bertz CT molecular complexity index is 561. The molecule has 2 aliphatic rings. The molecule has 6 heteroatoms. The Morgan fingerprint density at radius 1 is 1.27 bits per heavy atom. The summed E-state index contributed by atoms with van der Waals surface area (Å²) in [5.74, 6) is 0.892. The van der Waals surface area contributed by atoms with Crippen LogP contribution in [0, 0.1) is 5.92 Å². The highest BCUT2D eigenvalue weighted by atomic mass is 16.6. The fourth-order valence-electron chi connectivity index (χ4n) is 2.82. The first-order chi connectivity index (χ1) is 10.4. The highest BCUT2D eigenvalue weighted by Gasteiger charge is 2.50. The summed E-state index contributed by atoms with van der Waals surface area (Å²) in [7, 11) is 0. The van der Waals surface area contributed by atoms with Crippen LogP contribution in [0.2, 0.25) is 0 Å². The van der Waals surface area contributed by atoms with Crippen LogP contribution < -0.4 is 0 Å². The van der Waals surface area contributed by atoms with Gasteiger partial charge in [0.05, 0.1) is 12.2 Å². The third kappa shape index (κ3) is 2.96. The van der Waals surface area contributed by atoms with Gasteiger partial charge in [0.2, 0.25) is 5.91 Å². The Hall–Kier alpha value is -1.98. The standard InChI is InChI=1S/C16H22N2O4/c1-16(2,3)22-15(20)18-8-5-7-17(18)14(19)12-10-11(12)13-6-4-9-21-13/h4,6,9,11-12H,5,7-8,10H2,1-3H3/t11-,12-/m1/s1. The fraction of sp³-hybridized carbons (Fsp3) is 0.625. The predicted octanol–water partition coefficient (Wildman–Crippen LogP) is 2.77. The van der Waals surface area contributed by atoms with Crippen LogP contribution in [-0.4, -0.2) is 40.7 Å². The van der Waals surface area contributed by atoms with Gasteiger partial charge in [-0.2, -0.15) is 0 Å². The van der Waals surface area contributed by atoms with E-state index in [9.17, 15) is 9.59 Å². The van der Waals surface area contributed by atoms with E-state index < -0.39 is 11.7 Å². The zero-order valence-corrected chi connectivity index (χ0v) is 13.2. The molecule has 2 amide bonds. The summed E-state index contributed by atoms with van der Waals surface area (Å²) >= 11 is 0. The van der Waals surface area contributed by atoms with Crippen LogP contribution in [0.1, 0.15) is 45.3 Å². The SMILES string of the molecule is CC(C)(C)OC(=O)N1CCCN1C(=O)[C@@H]1C[C@H]1c1ccco1. The van der Waals surface area contributed by atoms with Crippen molar-refractivity contribution in [3.8, 4) is 0 Å². The van der Waals surface area contributed by atoms with Crippen molar-refractivity contribution in [2.75, 3.05) is 13.1 Å². The minimum Gasteiger partial charge on any atom is -0.469 e. The average Bonchev–Trinajstić information content (AvgIpc) is 2.89. The highest BCUT2D eigenvalue weighted by molar-refractivity contribution is 5.85. The number of nitrogens with zero attached hydrogens (tertiary/aromatic N) is 2. The van der Waals surface area contributed by atoms with Crippen molar-refractivity contribution in [3.63, 3.8) is 0 Å². The molecule has 22 heavy (non-hydrogen) atoms. The number of hydrogen-bond acceptors (Lipinski definition) is 4. The second-order valence-corrected chi connectivity index (χ2v) is 6.88. The Labute approximate surface area is 130 Å². The molecule has 0 spiro atoms. The maximum Gasteiger partial charge on any atom is 0.429 e. The lowest BCUT2D eigenvalue weighted by molar-refractivity contribution is -0.144. The van der Waals surface area contributed by atoms with Gasteiger partial charge in [-0.1, -0.05) is 0 Å². The van der Waals surface area contributed by atoms with Crippen molar-refractivity contribution < 1.29 is 18.7 Å². The molecule has 1 saturated carbocycles. The van der Waals surface area contributed by atoms with Crippen LogP contribution in [0.5, 0.6) is 0 Å². The lowest BCUT2D eigenvalue weighted by atomic mass is 10.2. The van der Waals surface area contributed by atoms with Gasteiger partial charge < -0.3 is 9.15 Å². The van der Waals surface area contributed by atoms with Crippen LogP contribution in [0.3, 0.4) is 0 Å². The van der Waals surface area contributed by atoms with Gasteiger partial charge in [-0.25, -0.2) is 14.8 Å². The van der Waals surface area contributed by atoms with Gasteiger partial charge >= 0.3 is 6.09 Å². The van der Waals surface area contributed by atoms with E-state index in [4.69, 9.17) is 9.15 Å². The smallest absolute Gasteiger partial charge is 0.429 e. The van der Waals surface area contributed by atoms with E-state index in [1.165, 1.54) is 5.01 Å². The first kappa shape index (κ1) is 14.9. The Balaban J connectivity index is 1.64. The van der Waals surface area contributed by atoms with Gasteiger partial charge in [0, 0.05) is 19.0 Å². The largest absolute Gasteiger partial charge is 0.469 e. The normalized spacial score (nSPS) is 24.5. The molecule has 1 aromatic rings. The molecule has 1 aromatic heterocycles. The number of furan rings is 1. The molecule has 0 radical (unpaired) electrons. The van der Waals surface area contributed by atoms with Crippen LogP contribution in [-0.2, 0) is 9.53 Å². The van der Waals surface area contributed by atoms with Crippen molar-refractivity contribution in [2.45, 2.75) is 45.1 Å².